The molecule has 1 aromatic carbocycles. The van der Waals surface area contributed by atoms with Gasteiger partial charge in [0.1, 0.15) is 0 Å². The van der Waals surface area contributed by atoms with Gasteiger partial charge in [0, 0.05) is 25.7 Å². The summed E-state index contributed by atoms with van der Waals surface area (Å²) in [5.41, 5.74) is 10.2. The molecule has 1 saturated heterocycles. The Balaban J connectivity index is 2.17. The van der Waals surface area contributed by atoms with E-state index in [-0.39, 0.29) is 0 Å². The second kappa shape index (κ2) is 6.51. The van der Waals surface area contributed by atoms with E-state index in [2.05, 4.69) is 43.9 Å². The van der Waals surface area contributed by atoms with Crippen LogP contribution in [0.2, 0.25) is 0 Å². The Morgan fingerprint density at radius 2 is 1.95 bits per heavy atom. The van der Waals surface area contributed by atoms with Crippen molar-refractivity contribution in [2.45, 2.75) is 32.7 Å². The quantitative estimate of drug-likeness (QED) is 0.903. The predicted octanol–water partition coefficient (Wildman–Crippen LogP) is 2.07. The van der Waals surface area contributed by atoms with Crippen LogP contribution in [0.25, 0.3) is 0 Å². The van der Waals surface area contributed by atoms with Crippen LogP contribution in [0.1, 0.15) is 29.5 Å². The molecule has 1 aromatic rings. The molecular formula is C16H26N2O. The molecule has 0 radical (unpaired) electrons. The molecule has 1 aliphatic rings. The molecule has 106 valence electrons. The van der Waals surface area contributed by atoms with E-state index >= 15 is 0 Å². The predicted molar refractivity (Wildman–Crippen MR) is 79.6 cm³/mol. The van der Waals surface area contributed by atoms with Crippen LogP contribution < -0.4 is 5.73 Å². The second-order valence-corrected chi connectivity index (χ2v) is 5.60. The van der Waals surface area contributed by atoms with Crippen molar-refractivity contribution in [1.29, 1.82) is 0 Å². The number of ether oxygens (including phenoxy) is 1. The lowest BCUT2D eigenvalue weighted by Crippen LogP contribution is -2.49. The monoisotopic (exact) mass is 262 g/mol. The summed E-state index contributed by atoms with van der Waals surface area (Å²) in [6, 6.07) is 7.13. The molecule has 3 heteroatoms. The molecule has 0 saturated carbocycles. The first-order valence-electron chi connectivity index (χ1n) is 7.22. The fraction of sp³-hybridized carbons (Fsp3) is 0.625. The third-order valence-electron chi connectivity index (χ3n) is 4.25. The van der Waals surface area contributed by atoms with Gasteiger partial charge in [-0.1, -0.05) is 30.7 Å². The Bertz CT molecular complexity index is 413. The van der Waals surface area contributed by atoms with Gasteiger partial charge in [0.25, 0.3) is 0 Å². The van der Waals surface area contributed by atoms with Crippen molar-refractivity contribution in [2.75, 3.05) is 32.8 Å². The number of aryl methyl sites for hydroxylation is 2. The van der Waals surface area contributed by atoms with Crippen LogP contribution in [0, 0.1) is 13.8 Å². The number of nitrogens with zero attached hydrogens (tertiary/aromatic N) is 1. The van der Waals surface area contributed by atoms with E-state index in [0.29, 0.717) is 18.5 Å². The Kier molecular flexibility index (Phi) is 4.97. The van der Waals surface area contributed by atoms with Crippen LogP contribution >= 0.6 is 0 Å². The summed E-state index contributed by atoms with van der Waals surface area (Å²) < 4.78 is 5.44. The zero-order valence-electron chi connectivity index (χ0n) is 12.4. The van der Waals surface area contributed by atoms with Gasteiger partial charge >= 0.3 is 0 Å². The molecule has 2 rings (SSSR count). The van der Waals surface area contributed by atoms with Crippen molar-refractivity contribution in [3.05, 3.63) is 34.9 Å². The van der Waals surface area contributed by atoms with Gasteiger partial charge in [0.2, 0.25) is 0 Å². The van der Waals surface area contributed by atoms with Crippen LogP contribution in [-0.2, 0) is 4.74 Å². The topological polar surface area (TPSA) is 38.5 Å². The number of morpholine rings is 1. The molecule has 2 unspecified atom stereocenters. The van der Waals surface area contributed by atoms with E-state index in [9.17, 15) is 0 Å². The highest BCUT2D eigenvalue weighted by atomic mass is 16.5. The Morgan fingerprint density at radius 1 is 1.26 bits per heavy atom. The number of hydrogen-bond acceptors (Lipinski definition) is 3. The van der Waals surface area contributed by atoms with Crippen LogP contribution in [0.3, 0.4) is 0 Å². The molecule has 3 nitrogen and oxygen atoms in total. The molecule has 0 amide bonds. The Morgan fingerprint density at radius 3 is 2.53 bits per heavy atom. The molecule has 0 bridgehead atoms. The third kappa shape index (κ3) is 3.35. The summed E-state index contributed by atoms with van der Waals surface area (Å²) in [5.74, 6) is 0.462. The Labute approximate surface area is 116 Å². The lowest BCUT2D eigenvalue weighted by molar-refractivity contribution is 0.0136. The number of benzene rings is 1. The molecule has 0 spiro atoms. The SMILES string of the molecule is Cc1ccc(C(C)C(CN)N2CCOCC2)c(C)c1. The van der Waals surface area contributed by atoms with Crippen LogP contribution in [-0.4, -0.2) is 43.8 Å². The largest absolute Gasteiger partial charge is 0.379 e. The smallest absolute Gasteiger partial charge is 0.0594 e. The van der Waals surface area contributed by atoms with Crippen molar-refractivity contribution < 1.29 is 4.74 Å². The van der Waals surface area contributed by atoms with Gasteiger partial charge in [-0.05, 0) is 30.9 Å². The number of rotatable bonds is 4. The van der Waals surface area contributed by atoms with Crippen molar-refractivity contribution in [2.24, 2.45) is 5.73 Å². The average molecular weight is 262 g/mol. The molecule has 0 aromatic heterocycles. The third-order valence-corrected chi connectivity index (χ3v) is 4.25. The van der Waals surface area contributed by atoms with Crippen molar-refractivity contribution in [1.82, 2.24) is 4.90 Å². The van der Waals surface area contributed by atoms with Gasteiger partial charge in [0.15, 0.2) is 0 Å². The van der Waals surface area contributed by atoms with Crippen molar-refractivity contribution >= 4 is 0 Å². The average Bonchev–Trinajstić information content (AvgIpc) is 2.40. The first-order chi connectivity index (χ1) is 9.13. The highest BCUT2D eigenvalue weighted by Gasteiger charge is 2.26. The van der Waals surface area contributed by atoms with Crippen LogP contribution in [0.4, 0.5) is 0 Å². The molecule has 2 atom stereocenters. The Hall–Kier alpha value is -0.900. The second-order valence-electron chi connectivity index (χ2n) is 5.60. The maximum atomic E-state index is 6.04. The maximum absolute atomic E-state index is 6.04. The summed E-state index contributed by atoms with van der Waals surface area (Å²) in [4.78, 5) is 2.48. The van der Waals surface area contributed by atoms with E-state index in [1.807, 2.05) is 0 Å². The lowest BCUT2D eigenvalue weighted by atomic mass is 9.88. The molecule has 0 aliphatic carbocycles. The first kappa shape index (κ1) is 14.5. The minimum Gasteiger partial charge on any atom is -0.379 e. The van der Waals surface area contributed by atoms with Crippen LogP contribution in [0.15, 0.2) is 18.2 Å². The van der Waals surface area contributed by atoms with Gasteiger partial charge < -0.3 is 10.5 Å². The molecule has 1 fully saturated rings. The van der Waals surface area contributed by atoms with Crippen molar-refractivity contribution in [3.63, 3.8) is 0 Å². The highest BCUT2D eigenvalue weighted by Crippen LogP contribution is 2.26. The van der Waals surface area contributed by atoms with Gasteiger partial charge in [-0.2, -0.15) is 0 Å². The molecular weight excluding hydrogens is 236 g/mol. The maximum Gasteiger partial charge on any atom is 0.0594 e. The lowest BCUT2D eigenvalue weighted by Gasteiger charge is -2.37. The van der Waals surface area contributed by atoms with Crippen LogP contribution in [0.5, 0.6) is 0 Å². The van der Waals surface area contributed by atoms with E-state index in [4.69, 9.17) is 10.5 Å². The minimum atomic E-state index is 0.408. The summed E-state index contributed by atoms with van der Waals surface area (Å²) in [7, 11) is 0. The summed E-state index contributed by atoms with van der Waals surface area (Å²) >= 11 is 0. The molecule has 1 aliphatic heterocycles. The fourth-order valence-electron chi connectivity index (χ4n) is 3.12. The van der Waals surface area contributed by atoms with Gasteiger partial charge in [0.05, 0.1) is 13.2 Å². The molecule has 2 N–H and O–H groups in total. The summed E-state index contributed by atoms with van der Waals surface area (Å²) in [6.07, 6.45) is 0. The summed E-state index contributed by atoms with van der Waals surface area (Å²) in [5, 5.41) is 0. The first-order valence-corrected chi connectivity index (χ1v) is 7.22. The highest BCUT2D eigenvalue weighted by molar-refractivity contribution is 5.33. The molecule has 1 heterocycles. The summed E-state index contributed by atoms with van der Waals surface area (Å²) in [6.45, 7) is 11.0. The fourth-order valence-corrected chi connectivity index (χ4v) is 3.12. The van der Waals surface area contributed by atoms with E-state index < -0.39 is 0 Å². The standard InChI is InChI=1S/C16H26N2O/c1-12-4-5-15(13(2)10-12)14(3)16(11-17)18-6-8-19-9-7-18/h4-5,10,14,16H,6-9,11,17H2,1-3H3. The van der Waals surface area contributed by atoms with E-state index in [1.54, 1.807) is 0 Å². The number of nitrogens with two attached hydrogens (primary N) is 1. The van der Waals surface area contributed by atoms with E-state index in [1.165, 1.54) is 16.7 Å². The van der Waals surface area contributed by atoms with Gasteiger partial charge in [-0.3, -0.25) is 4.90 Å². The minimum absolute atomic E-state index is 0.408. The van der Waals surface area contributed by atoms with Gasteiger partial charge in [-0.25, -0.2) is 0 Å². The van der Waals surface area contributed by atoms with E-state index in [0.717, 1.165) is 26.3 Å². The zero-order chi connectivity index (χ0) is 13.8. The van der Waals surface area contributed by atoms with Gasteiger partial charge in [-0.15, -0.1) is 0 Å². The molecule has 19 heavy (non-hydrogen) atoms. The zero-order valence-corrected chi connectivity index (χ0v) is 12.4. The number of hydrogen-bond donors (Lipinski definition) is 1. The normalized spacial score (nSPS) is 20.2. The van der Waals surface area contributed by atoms with Crippen molar-refractivity contribution in [3.8, 4) is 0 Å².